The summed E-state index contributed by atoms with van der Waals surface area (Å²) in [4.78, 5) is 13.8. The summed E-state index contributed by atoms with van der Waals surface area (Å²) in [7, 11) is 0. The first kappa shape index (κ1) is 15.3. The van der Waals surface area contributed by atoms with E-state index >= 15 is 0 Å². The van der Waals surface area contributed by atoms with E-state index < -0.39 is 5.97 Å². The second-order valence-corrected chi connectivity index (χ2v) is 5.50. The molecule has 0 aliphatic rings. The van der Waals surface area contributed by atoms with Crippen LogP contribution in [0.3, 0.4) is 0 Å². The number of anilines is 1. The molecule has 2 rings (SSSR count). The summed E-state index contributed by atoms with van der Waals surface area (Å²) in [5, 5.41) is 10.5. The highest BCUT2D eigenvalue weighted by molar-refractivity contribution is 7.10. The van der Waals surface area contributed by atoms with Crippen LogP contribution in [0.25, 0.3) is 6.08 Å². The minimum atomic E-state index is -0.954. The van der Waals surface area contributed by atoms with Crippen LogP contribution >= 0.6 is 11.3 Å². The molecule has 0 fully saturated rings. The van der Waals surface area contributed by atoms with Gasteiger partial charge in [0.25, 0.3) is 0 Å². The number of aliphatic carboxylic acids is 1. The number of carbonyl (C=O) groups is 1. The van der Waals surface area contributed by atoms with E-state index in [1.165, 1.54) is 12.1 Å². The van der Waals surface area contributed by atoms with Gasteiger partial charge >= 0.3 is 5.97 Å². The van der Waals surface area contributed by atoms with Gasteiger partial charge in [0.05, 0.1) is 6.54 Å². The quantitative estimate of drug-likeness (QED) is 0.820. The number of nitrogens with zero attached hydrogens (tertiary/aromatic N) is 1. The summed E-state index contributed by atoms with van der Waals surface area (Å²) in [6.07, 6.45) is 2.71. The van der Waals surface area contributed by atoms with Gasteiger partial charge in [-0.05, 0) is 54.3 Å². The third kappa shape index (κ3) is 4.43. The Morgan fingerprint density at radius 2 is 2.10 bits per heavy atom. The summed E-state index contributed by atoms with van der Waals surface area (Å²) in [6, 6.07) is 8.40. The van der Waals surface area contributed by atoms with Gasteiger partial charge in [0.15, 0.2) is 0 Å². The van der Waals surface area contributed by atoms with Crippen molar-refractivity contribution in [1.29, 1.82) is 0 Å². The minimum Gasteiger partial charge on any atom is -0.478 e. The predicted octanol–water partition coefficient (Wildman–Crippen LogP) is 4.01. The largest absolute Gasteiger partial charge is 0.478 e. The van der Waals surface area contributed by atoms with E-state index in [1.807, 2.05) is 18.4 Å². The molecule has 0 atom stereocenters. The van der Waals surface area contributed by atoms with Crippen molar-refractivity contribution < 1.29 is 14.3 Å². The fourth-order valence-electron chi connectivity index (χ4n) is 1.96. The molecule has 0 amide bonds. The van der Waals surface area contributed by atoms with E-state index in [0.717, 1.165) is 28.7 Å². The zero-order valence-electron chi connectivity index (χ0n) is 11.6. The van der Waals surface area contributed by atoms with E-state index in [-0.39, 0.29) is 5.82 Å². The molecule has 0 saturated heterocycles. The second-order valence-electron chi connectivity index (χ2n) is 4.51. The number of rotatable bonds is 6. The average Bonchev–Trinajstić information content (AvgIpc) is 2.91. The van der Waals surface area contributed by atoms with Crippen LogP contribution in [0.1, 0.15) is 17.4 Å². The Kier molecular flexibility index (Phi) is 5.11. The van der Waals surface area contributed by atoms with Crippen LogP contribution in [-0.2, 0) is 11.3 Å². The van der Waals surface area contributed by atoms with Crippen LogP contribution in [0.15, 0.2) is 41.8 Å². The molecule has 5 heteroatoms. The van der Waals surface area contributed by atoms with Crippen molar-refractivity contribution in [2.75, 3.05) is 11.4 Å². The smallest absolute Gasteiger partial charge is 0.328 e. The van der Waals surface area contributed by atoms with Crippen molar-refractivity contribution in [2.24, 2.45) is 0 Å². The summed E-state index contributed by atoms with van der Waals surface area (Å²) in [5.74, 6) is -1.20. The van der Waals surface area contributed by atoms with Crippen LogP contribution in [0.2, 0.25) is 0 Å². The molecule has 1 heterocycles. The topological polar surface area (TPSA) is 40.5 Å². The Balaban J connectivity index is 2.08. The molecule has 21 heavy (non-hydrogen) atoms. The zero-order chi connectivity index (χ0) is 15.2. The van der Waals surface area contributed by atoms with Gasteiger partial charge in [0, 0.05) is 23.2 Å². The Hall–Kier alpha value is -2.14. The molecule has 0 aliphatic heterocycles. The molecule has 1 aromatic carbocycles. The zero-order valence-corrected chi connectivity index (χ0v) is 12.4. The van der Waals surface area contributed by atoms with Crippen molar-refractivity contribution in [3.8, 4) is 0 Å². The van der Waals surface area contributed by atoms with Gasteiger partial charge in [-0.15, -0.1) is 11.3 Å². The second kappa shape index (κ2) is 7.04. The van der Waals surface area contributed by atoms with E-state index in [4.69, 9.17) is 5.11 Å². The summed E-state index contributed by atoms with van der Waals surface area (Å²) in [6.45, 7) is 3.57. The van der Waals surface area contributed by atoms with Gasteiger partial charge in [-0.2, -0.15) is 0 Å². The van der Waals surface area contributed by atoms with Crippen LogP contribution in [0, 0.1) is 5.82 Å². The third-order valence-corrected chi connectivity index (χ3v) is 3.95. The highest BCUT2D eigenvalue weighted by Crippen LogP contribution is 2.22. The minimum absolute atomic E-state index is 0.243. The standard InChI is InChI=1S/C16H16FNO2S/c1-2-18(14-6-4-13(17)5-7-14)10-15-9-12(11-21-15)3-8-16(19)20/h3-9,11H,2,10H2,1H3,(H,19,20). The van der Waals surface area contributed by atoms with Gasteiger partial charge in [-0.25, -0.2) is 9.18 Å². The molecular weight excluding hydrogens is 289 g/mol. The maximum absolute atomic E-state index is 13.0. The van der Waals surface area contributed by atoms with E-state index in [1.54, 1.807) is 29.5 Å². The molecule has 1 aromatic heterocycles. The maximum Gasteiger partial charge on any atom is 0.328 e. The highest BCUT2D eigenvalue weighted by atomic mass is 32.1. The van der Waals surface area contributed by atoms with Gasteiger partial charge in [0.1, 0.15) is 5.82 Å². The SMILES string of the molecule is CCN(Cc1cc(C=CC(=O)O)cs1)c1ccc(F)cc1. The molecule has 1 N–H and O–H groups in total. The van der Waals surface area contributed by atoms with Crippen LogP contribution in [0.5, 0.6) is 0 Å². The number of carboxylic acid groups (broad SMARTS) is 1. The summed E-state index contributed by atoms with van der Waals surface area (Å²) in [5.41, 5.74) is 1.85. The number of benzene rings is 1. The predicted molar refractivity (Wildman–Crippen MR) is 84.1 cm³/mol. The van der Waals surface area contributed by atoms with Crippen LogP contribution < -0.4 is 4.90 Å². The van der Waals surface area contributed by atoms with Crippen molar-refractivity contribution >= 4 is 29.1 Å². The first-order valence-corrected chi connectivity index (χ1v) is 7.45. The number of thiophene rings is 1. The summed E-state index contributed by atoms with van der Waals surface area (Å²) >= 11 is 1.58. The van der Waals surface area contributed by atoms with E-state index in [9.17, 15) is 9.18 Å². The number of carboxylic acids is 1. The fraction of sp³-hybridized carbons (Fsp3) is 0.188. The Morgan fingerprint density at radius 1 is 1.38 bits per heavy atom. The van der Waals surface area contributed by atoms with Crippen molar-refractivity contribution in [3.63, 3.8) is 0 Å². The van der Waals surface area contributed by atoms with Crippen molar-refractivity contribution in [2.45, 2.75) is 13.5 Å². The first-order valence-electron chi connectivity index (χ1n) is 6.57. The summed E-state index contributed by atoms with van der Waals surface area (Å²) < 4.78 is 13.0. The number of halogens is 1. The number of hydrogen-bond acceptors (Lipinski definition) is 3. The average molecular weight is 305 g/mol. The molecule has 110 valence electrons. The Bertz CT molecular complexity index is 634. The van der Waals surface area contributed by atoms with Crippen LogP contribution in [0.4, 0.5) is 10.1 Å². The molecule has 0 bridgehead atoms. The molecule has 0 radical (unpaired) electrons. The van der Waals surface area contributed by atoms with E-state index in [0.29, 0.717) is 6.54 Å². The molecule has 0 unspecified atom stereocenters. The van der Waals surface area contributed by atoms with Crippen LogP contribution in [-0.4, -0.2) is 17.6 Å². The highest BCUT2D eigenvalue weighted by Gasteiger charge is 2.07. The lowest BCUT2D eigenvalue weighted by Crippen LogP contribution is -2.21. The number of hydrogen-bond donors (Lipinski definition) is 1. The van der Waals surface area contributed by atoms with Crippen molar-refractivity contribution in [1.82, 2.24) is 0 Å². The van der Waals surface area contributed by atoms with Crippen molar-refractivity contribution in [3.05, 3.63) is 58.0 Å². The lowest BCUT2D eigenvalue weighted by Gasteiger charge is -2.22. The molecule has 0 spiro atoms. The lowest BCUT2D eigenvalue weighted by molar-refractivity contribution is -0.131. The lowest BCUT2D eigenvalue weighted by atomic mass is 10.2. The molecule has 2 aromatic rings. The molecule has 0 saturated carbocycles. The maximum atomic E-state index is 13.0. The molecular formula is C16H16FNO2S. The third-order valence-electron chi connectivity index (χ3n) is 3.01. The Labute approximate surface area is 127 Å². The van der Waals surface area contributed by atoms with E-state index in [2.05, 4.69) is 4.90 Å². The van der Waals surface area contributed by atoms with Gasteiger partial charge in [-0.1, -0.05) is 0 Å². The fourth-order valence-corrected chi connectivity index (χ4v) is 2.83. The molecule has 0 aliphatic carbocycles. The molecule has 3 nitrogen and oxygen atoms in total. The van der Waals surface area contributed by atoms with Gasteiger partial charge in [-0.3, -0.25) is 0 Å². The monoisotopic (exact) mass is 305 g/mol. The Morgan fingerprint density at radius 3 is 2.71 bits per heavy atom. The van der Waals surface area contributed by atoms with Gasteiger partial charge in [0.2, 0.25) is 0 Å². The normalized spacial score (nSPS) is 11.0. The van der Waals surface area contributed by atoms with Gasteiger partial charge < -0.3 is 10.0 Å². The first-order chi connectivity index (χ1) is 10.1.